The Labute approximate surface area is 177 Å². The molecule has 0 radical (unpaired) electrons. The van der Waals surface area contributed by atoms with Gasteiger partial charge in [0, 0.05) is 17.2 Å². The van der Waals surface area contributed by atoms with Gasteiger partial charge in [-0.1, -0.05) is 30.0 Å². The number of hydrogen-bond acceptors (Lipinski definition) is 6. The number of rotatable bonds is 6. The monoisotopic (exact) mass is 426 g/mol. The number of hydrogen-bond donors (Lipinski definition) is 0. The lowest BCUT2D eigenvalue weighted by Crippen LogP contribution is -2.23. The summed E-state index contributed by atoms with van der Waals surface area (Å²) >= 11 is 3.20. The second kappa shape index (κ2) is 8.55. The van der Waals surface area contributed by atoms with E-state index in [1.807, 2.05) is 12.1 Å². The molecule has 150 valence electrons. The molecule has 29 heavy (non-hydrogen) atoms. The van der Waals surface area contributed by atoms with Gasteiger partial charge in [0.1, 0.15) is 4.83 Å². The Morgan fingerprint density at radius 1 is 1.31 bits per heavy atom. The summed E-state index contributed by atoms with van der Waals surface area (Å²) in [7, 11) is 1.37. The van der Waals surface area contributed by atoms with Gasteiger partial charge in [0.25, 0.3) is 5.56 Å². The standard InChI is InChI=1S/C22H22N2O3S2/c1-3-12-24-20(25)18-16-6-4-5-7-17(16)29-19(18)23-22(24)28-13-14-8-10-15(11-9-14)21(26)27-2/h3,8-11H,1,4-7,12-13H2,2H3. The SMILES string of the molecule is C=CCn1c(SCc2ccc(C(=O)OC)cc2)nc2sc3c(c2c1=O)CCCC3. The Hall–Kier alpha value is -2.38. The third kappa shape index (κ3) is 3.89. The van der Waals surface area contributed by atoms with E-state index in [1.54, 1.807) is 34.1 Å². The molecule has 1 aliphatic carbocycles. The molecule has 4 rings (SSSR count). The number of thioether (sulfide) groups is 1. The van der Waals surface area contributed by atoms with Crippen LogP contribution in [-0.4, -0.2) is 22.6 Å². The molecule has 0 fully saturated rings. The molecular formula is C22H22N2O3S2. The molecule has 1 aliphatic rings. The first kappa shape index (κ1) is 19.9. The number of carbonyl (C=O) groups is 1. The largest absolute Gasteiger partial charge is 0.465 e. The summed E-state index contributed by atoms with van der Waals surface area (Å²) in [4.78, 5) is 31.9. The smallest absolute Gasteiger partial charge is 0.337 e. The number of carbonyl (C=O) groups excluding carboxylic acids is 1. The number of benzene rings is 1. The third-order valence-corrected chi connectivity index (χ3v) is 7.33. The number of esters is 1. The van der Waals surface area contributed by atoms with Crippen LogP contribution in [0.25, 0.3) is 10.2 Å². The molecule has 0 atom stereocenters. The minimum absolute atomic E-state index is 0.0397. The Kier molecular flexibility index (Phi) is 5.87. The van der Waals surface area contributed by atoms with Gasteiger partial charge in [0.2, 0.25) is 0 Å². The van der Waals surface area contributed by atoms with E-state index in [-0.39, 0.29) is 11.5 Å². The predicted molar refractivity (Wildman–Crippen MR) is 118 cm³/mol. The van der Waals surface area contributed by atoms with Crippen molar-refractivity contribution in [1.82, 2.24) is 9.55 Å². The maximum atomic E-state index is 13.3. The number of aromatic nitrogens is 2. The van der Waals surface area contributed by atoms with Crippen molar-refractivity contribution < 1.29 is 9.53 Å². The van der Waals surface area contributed by atoms with Crippen molar-refractivity contribution in [2.45, 2.75) is 43.1 Å². The predicted octanol–water partition coefficient (Wildman–Crippen LogP) is 4.60. The second-order valence-electron chi connectivity index (χ2n) is 6.97. The summed E-state index contributed by atoms with van der Waals surface area (Å²) in [5.74, 6) is 0.305. The van der Waals surface area contributed by atoms with E-state index < -0.39 is 0 Å². The Morgan fingerprint density at radius 2 is 2.07 bits per heavy atom. The minimum atomic E-state index is -0.349. The minimum Gasteiger partial charge on any atom is -0.465 e. The van der Waals surface area contributed by atoms with E-state index in [1.165, 1.54) is 35.7 Å². The lowest BCUT2D eigenvalue weighted by molar-refractivity contribution is 0.0600. The number of methoxy groups -OCH3 is 1. The van der Waals surface area contributed by atoms with Crippen molar-refractivity contribution >= 4 is 39.3 Å². The van der Waals surface area contributed by atoms with Gasteiger partial charge in [-0.2, -0.15) is 0 Å². The van der Waals surface area contributed by atoms with Gasteiger partial charge in [0.15, 0.2) is 5.16 Å². The molecule has 0 bridgehead atoms. The quantitative estimate of drug-likeness (QED) is 0.249. The van der Waals surface area contributed by atoms with Crippen LogP contribution >= 0.6 is 23.1 Å². The molecule has 5 nitrogen and oxygen atoms in total. The van der Waals surface area contributed by atoms with Crippen LogP contribution in [0.5, 0.6) is 0 Å². The molecule has 2 heterocycles. The Balaban J connectivity index is 1.66. The summed E-state index contributed by atoms with van der Waals surface area (Å²) in [6.45, 7) is 4.25. The first-order valence-corrected chi connectivity index (χ1v) is 11.4. The fourth-order valence-electron chi connectivity index (χ4n) is 3.62. The van der Waals surface area contributed by atoms with Gasteiger partial charge in [-0.25, -0.2) is 9.78 Å². The highest BCUT2D eigenvalue weighted by molar-refractivity contribution is 7.98. The number of allylic oxidation sites excluding steroid dienone is 1. The number of ether oxygens (including phenoxy) is 1. The second-order valence-corrected chi connectivity index (χ2v) is 8.99. The van der Waals surface area contributed by atoms with E-state index in [4.69, 9.17) is 9.72 Å². The van der Waals surface area contributed by atoms with Crippen LogP contribution in [0.2, 0.25) is 0 Å². The highest BCUT2D eigenvalue weighted by Crippen LogP contribution is 2.35. The first-order chi connectivity index (χ1) is 14.1. The molecule has 7 heteroatoms. The zero-order valence-electron chi connectivity index (χ0n) is 16.3. The average molecular weight is 427 g/mol. The van der Waals surface area contributed by atoms with Crippen LogP contribution in [0.1, 0.15) is 39.2 Å². The number of aryl methyl sites for hydroxylation is 2. The summed E-state index contributed by atoms with van der Waals surface area (Å²) < 4.78 is 6.46. The molecule has 0 spiro atoms. The summed E-state index contributed by atoms with van der Waals surface area (Å²) in [5, 5.41) is 1.51. The Morgan fingerprint density at radius 3 is 2.79 bits per heavy atom. The molecule has 2 aromatic heterocycles. The maximum absolute atomic E-state index is 13.3. The van der Waals surface area contributed by atoms with Crippen LogP contribution in [0, 0.1) is 0 Å². The summed E-state index contributed by atoms with van der Waals surface area (Å²) in [6, 6.07) is 7.31. The Bertz CT molecular complexity index is 1130. The molecule has 0 saturated heterocycles. The molecular weight excluding hydrogens is 404 g/mol. The fraction of sp³-hybridized carbons (Fsp3) is 0.318. The molecule has 0 aliphatic heterocycles. The highest BCUT2D eigenvalue weighted by Gasteiger charge is 2.22. The van der Waals surface area contributed by atoms with Crippen molar-refractivity contribution in [1.29, 1.82) is 0 Å². The number of nitrogens with zero attached hydrogens (tertiary/aromatic N) is 2. The van der Waals surface area contributed by atoms with Crippen molar-refractivity contribution in [3.05, 3.63) is 68.8 Å². The molecule has 0 saturated carbocycles. The third-order valence-electron chi connectivity index (χ3n) is 5.09. The van der Waals surface area contributed by atoms with Crippen molar-refractivity contribution in [3.63, 3.8) is 0 Å². The van der Waals surface area contributed by atoms with Gasteiger partial charge < -0.3 is 4.74 Å². The van der Waals surface area contributed by atoms with Crippen LogP contribution in [0.15, 0.2) is 46.9 Å². The topological polar surface area (TPSA) is 61.2 Å². The van der Waals surface area contributed by atoms with Gasteiger partial charge >= 0.3 is 5.97 Å². The molecule has 0 unspecified atom stereocenters. The number of thiophene rings is 1. The molecule has 1 aromatic carbocycles. The van der Waals surface area contributed by atoms with Crippen LogP contribution in [0.4, 0.5) is 0 Å². The van der Waals surface area contributed by atoms with E-state index in [2.05, 4.69) is 6.58 Å². The highest BCUT2D eigenvalue weighted by atomic mass is 32.2. The normalized spacial score (nSPS) is 13.3. The van der Waals surface area contributed by atoms with Gasteiger partial charge in [-0.05, 0) is 48.9 Å². The van der Waals surface area contributed by atoms with E-state index in [0.717, 1.165) is 35.0 Å². The van der Waals surface area contributed by atoms with Crippen molar-refractivity contribution in [3.8, 4) is 0 Å². The zero-order valence-corrected chi connectivity index (χ0v) is 17.9. The lowest BCUT2D eigenvalue weighted by Gasteiger charge is -2.12. The molecule has 0 N–H and O–H groups in total. The van der Waals surface area contributed by atoms with Gasteiger partial charge in [0.05, 0.1) is 18.1 Å². The van der Waals surface area contributed by atoms with Crippen LogP contribution in [-0.2, 0) is 29.9 Å². The van der Waals surface area contributed by atoms with Gasteiger partial charge in [-0.3, -0.25) is 9.36 Å². The van der Waals surface area contributed by atoms with E-state index in [0.29, 0.717) is 23.0 Å². The maximum Gasteiger partial charge on any atom is 0.337 e. The molecule has 0 amide bonds. The van der Waals surface area contributed by atoms with Gasteiger partial charge in [-0.15, -0.1) is 17.9 Å². The first-order valence-electron chi connectivity index (χ1n) is 9.58. The fourth-order valence-corrected chi connectivity index (χ4v) is 5.89. The number of fused-ring (bicyclic) bond motifs is 3. The van der Waals surface area contributed by atoms with E-state index in [9.17, 15) is 9.59 Å². The zero-order chi connectivity index (χ0) is 20.4. The van der Waals surface area contributed by atoms with E-state index >= 15 is 0 Å². The molecule has 3 aromatic rings. The van der Waals surface area contributed by atoms with Crippen molar-refractivity contribution in [2.75, 3.05) is 7.11 Å². The average Bonchev–Trinajstić information content (AvgIpc) is 3.13. The summed E-state index contributed by atoms with van der Waals surface area (Å²) in [6.07, 6.45) is 6.08. The lowest BCUT2D eigenvalue weighted by atomic mass is 9.97. The summed E-state index contributed by atoms with van der Waals surface area (Å²) in [5.41, 5.74) is 2.82. The van der Waals surface area contributed by atoms with Crippen molar-refractivity contribution in [2.24, 2.45) is 0 Å². The van der Waals surface area contributed by atoms with Crippen LogP contribution < -0.4 is 5.56 Å². The van der Waals surface area contributed by atoms with Crippen LogP contribution in [0.3, 0.4) is 0 Å².